The highest BCUT2D eigenvalue weighted by Crippen LogP contribution is 2.07. The van der Waals surface area contributed by atoms with Crippen molar-refractivity contribution in [3.05, 3.63) is 29.8 Å². The van der Waals surface area contributed by atoms with Gasteiger partial charge in [0.25, 0.3) is 0 Å². The predicted octanol–water partition coefficient (Wildman–Crippen LogP) is 1.56. The van der Waals surface area contributed by atoms with Crippen LogP contribution in [0.4, 0.5) is 0 Å². The van der Waals surface area contributed by atoms with E-state index in [1.807, 2.05) is 52.2 Å². The molecule has 1 aromatic carbocycles. The minimum absolute atomic E-state index is 0.206. The molecule has 0 saturated heterocycles. The van der Waals surface area contributed by atoms with Crippen molar-refractivity contribution in [2.75, 3.05) is 20.6 Å². The summed E-state index contributed by atoms with van der Waals surface area (Å²) in [6.07, 6.45) is 0. The number of hydrogen-bond donors (Lipinski definition) is 1. The molecule has 1 N–H and O–H groups in total. The third-order valence-corrected chi connectivity index (χ3v) is 3.50. The van der Waals surface area contributed by atoms with E-state index in [2.05, 4.69) is 9.62 Å². The largest absolute Gasteiger partial charge is 0.308 e. The van der Waals surface area contributed by atoms with E-state index < -0.39 is 11.0 Å². The summed E-state index contributed by atoms with van der Waals surface area (Å²) in [5.41, 5.74) is 1.18. The van der Waals surface area contributed by atoms with E-state index in [1.54, 1.807) is 0 Å². The number of benzene rings is 1. The van der Waals surface area contributed by atoms with E-state index in [4.69, 9.17) is 0 Å². The zero-order chi connectivity index (χ0) is 12.1. The number of aryl methyl sites for hydroxylation is 1. The molecule has 0 aromatic heterocycles. The van der Waals surface area contributed by atoms with Crippen molar-refractivity contribution in [3.8, 4) is 0 Å². The SMILES string of the molecule is Cc1ccc(S(=O)NC(C)CN(C)C)cc1. The first kappa shape index (κ1) is 13.4. The molecule has 0 spiro atoms. The molecule has 0 amide bonds. The predicted molar refractivity (Wildman–Crippen MR) is 68.7 cm³/mol. The molecule has 0 bridgehead atoms. The van der Waals surface area contributed by atoms with Crippen LogP contribution in [0.3, 0.4) is 0 Å². The van der Waals surface area contributed by atoms with Gasteiger partial charge in [0.2, 0.25) is 0 Å². The molecule has 0 aliphatic heterocycles. The number of nitrogens with zero attached hydrogens (tertiary/aromatic N) is 1. The Kier molecular flexibility index (Phi) is 5.12. The zero-order valence-corrected chi connectivity index (χ0v) is 11.2. The monoisotopic (exact) mass is 240 g/mol. The van der Waals surface area contributed by atoms with E-state index in [9.17, 15) is 4.21 Å². The van der Waals surface area contributed by atoms with Gasteiger partial charge in [-0.1, -0.05) is 17.7 Å². The molecule has 2 atom stereocenters. The minimum Gasteiger partial charge on any atom is -0.308 e. The molecule has 0 aliphatic carbocycles. The Morgan fingerprint density at radius 2 is 1.88 bits per heavy atom. The van der Waals surface area contributed by atoms with Gasteiger partial charge in [-0.3, -0.25) is 0 Å². The molecule has 2 unspecified atom stereocenters. The Morgan fingerprint density at radius 3 is 2.38 bits per heavy atom. The maximum atomic E-state index is 11.9. The first-order valence-corrected chi connectivity index (χ1v) is 6.53. The van der Waals surface area contributed by atoms with Crippen molar-refractivity contribution in [1.82, 2.24) is 9.62 Å². The van der Waals surface area contributed by atoms with Crippen LogP contribution in [0, 0.1) is 6.92 Å². The van der Waals surface area contributed by atoms with Gasteiger partial charge in [0, 0.05) is 12.6 Å². The third kappa shape index (κ3) is 4.43. The van der Waals surface area contributed by atoms with E-state index in [0.29, 0.717) is 0 Å². The van der Waals surface area contributed by atoms with Crippen molar-refractivity contribution in [2.24, 2.45) is 0 Å². The molecule has 0 heterocycles. The van der Waals surface area contributed by atoms with Crippen LogP contribution in [0.25, 0.3) is 0 Å². The van der Waals surface area contributed by atoms with Crippen LogP contribution >= 0.6 is 0 Å². The molecule has 0 fully saturated rings. The van der Waals surface area contributed by atoms with Crippen LogP contribution in [0.2, 0.25) is 0 Å². The number of nitrogens with one attached hydrogen (secondary N) is 1. The van der Waals surface area contributed by atoms with Crippen molar-refractivity contribution in [2.45, 2.75) is 24.8 Å². The Hall–Kier alpha value is -0.710. The molecule has 0 aliphatic rings. The van der Waals surface area contributed by atoms with Crippen molar-refractivity contribution >= 4 is 11.0 Å². The molecule has 0 saturated carbocycles. The topological polar surface area (TPSA) is 32.3 Å². The third-order valence-electron chi connectivity index (χ3n) is 2.18. The van der Waals surface area contributed by atoms with Gasteiger partial charge in [0.15, 0.2) is 0 Å². The number of rotatable bonds is 5. The average Bonchev–Trinajstić information content (AvgIpc) is 2.16. The fourth-order valence-corrected chi connectivity index (χ4v) is 2.46. The fraction of sp³-hybridized carbons (Fsp3) is 0.500. The highest BCUT2D eigenvalue weighted by Gasteiger charge is 2.08. The Morgan fingerprint density at radius 1 is 1.31 bits per heavy atom. The highest BCUT2D eigenvalue weighted by atomic mass is 32.2. The summed E-state index contributed by atoms with van der Waals surface area (Å²) < 4.78 is 15.0. The Bertz CT molecular complexity index is 349. The van der Waals surface area contributed by atoms with Gasteiger partial charge in [-0.2, -0.15) is 0 Å². The molecule has 3 nitrogen and oxygen atoms in total. The van der Waals surface area contributed by atoms with Crippen LogP contribution in [-0.4, -0.2) is 35.8 Å². The summed E-state index contributed by atoms with van der Waals surface area (Å²) in [5, 5.41) is 0. The minimum atomic E-state index is -1.11. The summed E-state index contributed by atoms with van der Waals surface area (Å²) >= 11 is 0. The molecule has 0 radical (unpaired) electrons. The Labute approximate surface area is 100 Å². The van der Waals surface area contributed by atoms with Gasteiger partial charge in [-0.15, -0.1) is 0 Å². The zero-order valence-electron chi connectivity index (χ0n) is 10.4. The maximum absolute atomic E-state index is 11.9. The van der Waals surface area contributed by atoms with Crippen LogP contribution < -0.4 is 4.72 Å². The standard InChI is InChI=1S/C12H20N2OS/c1-10-5-7-12(8-6-10)16(15)13-11(2)9-14(3)4/h5-8,11,13H,9H2,1-4H3. The van der Waals surface area contributed by atoms with Gasteiger partial charge in [0.05, 0.1) is 4.90 Å². The van der Waals surface area contributed by atoms with E-state index in [1.165, 1.54) is 5.56 Å². The van der Waals surface area contributed by atoms with Crippen LogP contribution in [-0.2, 0) is 11.0 Å². The van der Waals surface area contributed by atoms with Gasteiger partial charge in [-0.25, -0.2) is 8.93 Å². The van der Waals surface area contributed by atoms with Gasteiger partial charge < -0.3 is 4.90 Å². The lowest BCUT2D eigenvalue weighted by Gasteiger charge is -2.17. The molecule has 1 aromatic rings. The van der Waals surface area contributed by atoms with Crippen LogP contribution in [0.5, 0.6) is 0 Å². The lowest BCUT2D eigenvalue weighted by Crippen LogP contribution is -2.36. The molecule has 16 heavy (non-hydrogen) atoms. The second-order valence-corrected chi connectivity index (χ2v) is 5.61. The second-order valence-electron chi connectivity index (χ2n) is 4.36. The summed E-state index contributed by atoms with van der Waals surface area (Å²) in [7, 11) is 2.90. The smallest absolute Gasteiger partial charge is 0.125 e. The summed E-state index contributed by atoms with van der Waals surface area (Å²) in [6.45, 7) is 4.93. The van der Waals surface area contributed by atoms with Crippen LogP contribution in [0.15, 0.2) is 29.2 Å². The average molecular weight is 240 g/mol. The normalized spacial score (nSPS) is 15.1. The lowest BCUT2D eigenvalue weighted by molar-refractivity contribution is 0.373. The highest BCUT2D eigenvalue weighted by molar-refractivity contribution is 7.83. The van der Waals surface area contributed by atoms with Crippen molar-refractivity contribution in [3.63, 3.8) is 0 Å². The van der Waals surface area contributed by atoms with Gasteiger partial charge >= 0.3 is 0 Å². The van der Waals surface area contributed by atoms with E-state index in [-0.39, 0.29) is 6.04 Å². The van der Waals surface area contributed by atoms with Gasteiger partial charge in [0.1, 0.15) is 11.0 Å². The quantitative estimate of drug-likeness (QED) is 0.847. The Balaban J connectivity index is 2.55. The molecular formula is C12H20N2OS. The van der Waals surface area contributed by atoms with E-state index in [0.717, 1.165) is 11.4 Å². The van der Waals surface area contributed by atoms with Crippen molar-refractivity contribution in [1.29, 1.82) is 0 Å². The van der Waals surface area contributed by atoms with Crippen molar-refractivity contribution < 1.29 is 4.21 Å². The maximum Gasteiger partial charge on any atom is 0.125 e. The molecular weight excluding hydrogens is 220 g/mol. The molecule has 4 heteroatoms. The molecule has 90 valence electrons. The molecule has 1 rings (SSSR count). The van der Waals surface area contributed by atoms with Gasteiger partial charge in [-0.05, 0) is 40.1 Å². The summed E-state index contributed by atoms with van der Waals surface area (Å²) in [5.74, 6) is 0. The van der Waals surface area contributed by atoms with Crippen LogP contribution in [0.1, 0.15) is 12.5 Å². The number of likely N-dealkylation sites (N-methyl/N-ethyl adjacent to an activating group) is 1. The summed E-state index contributed by atoms with van der Waals surface area (Å²) in [6, 6.07) is 7.97. The first-order valence-electron chi connectivity index (χ1n) is 5.38. The first-order chi connectivity index (χ1) is 7.49. The second kappa shape index (κ2) is 6.13. The number of hydrogen-bond acceptors (Lipinski definition) is 2. The summed E-state index contributed by atoms with van der Waals surface area (Å²) in [4.78, 5) is 2.90. The lowest BCUT2D eigenvalue weighted by atomic mass is 10.2. The van der Waals surface area contributed by atoms with E-state index >= 15 is 0 Å². The fourth-order valence-electron chi connectivity index (χ4n) is 1.50.